The SMILES string of the molecule is CC(C)c1cnn2c(N(C(=O)OC(C)(C)C)C(C)c3cn4ccccc4n3)cc(NC[C@H]3CCN(C(=O)OC(C)(C)C)C[C@@H]3O)nc12. The number of nitrogens with one attached hydrogen (secondary N) is 1. The molecule has 5 heterocycles. The summed E-state index contributed by atoms with van der Waals surface area (Å²) in [7, 11) is 0. The Kier molecular flexibility index (Phi) is 9.40. The number of aliphatic hydroxyl groups is 1. The number of β-amino-alcohol motifs (C(OH)–C–C–N with tert-alkyl or cyclic N) is 1. The first kappa shape index (κ1) is 34.0. The van der Waals surface area contributed by atoms with Crippen LogP contribution in [0, 0.1) is 5.92 Å². The van der Waals surface area contributed by atoms with Gasteiger partial charge in [-0.1, -0.05) is 19.9 Å². The van der Waals surface area contributed by atoms with E-state index in [9.17, 15) is 14.7 Å². The maximum atomic E-state index is 14.0. The molecule has 13 nitrogen and oxygen atoms in total. The van der Waals surface area contributed by atoms with Crippen LogP contribution in [0.3, 0.4) is 0 Å². The number of ether oxygens (including phenoxy) is 2. The molecule has 5 rings (SSSR count). The fourth-order valence-electron chi connectivity index (χ4n) is 5.63. The molecule has 1 aliphatic heterocycles. The van der Waals surface area contributed by atoms with E-state index in [0.717, 1.165) is 11.2 Å². The number of hydrogen-bond donors (Lipinski definition) is 2. The van der Waals surface area contributed by atoms with Crippen LogP contribution in [-0.4, -0.2) is 83.1 Å². The third-order valence-electron chi connectivity index (χ3n) is 8.06. The number of nitrogens with zero attached hydrogens (tertiary/aromatic N) is 7. The van der Waals surface area contributed by atoms with Crippen LogP contribution in [0.1, 0.15) is 92.0 Å². The molecule has 4 aromatic rings. The summed E-state index contributed by atoms with van der Waals surface area (Å²) in [5, 5.41) is 19.1. The molecule has 3 atom stereocenters. The van der Waals surface area contributed by atoms with E-state index in [2.05, 4.69) is 24.3 Å². The Hall–Kier alpha value is -4.39. The molecule has 4 aromatic heterocycles. The van der Waals surface area contributed by atoms with E-state index in [1.54, 1.807) is 26.6 Å². The monoisotopic (exact) mass is 648 g/mol. The van der Waals surface area contributed by atoms with Crippen molar-refractivity contribution >= 4 is 35.1 Å². The Balaban J connectivity index is 1.48. The zero-order chi connectivity index (χ0) is 34.3. The van der Waals surface area contributed by atoms with Crippen molar-refractivity contribution in [3.8, 4) is 0 Å². The van der Waals surface area contributed by atoms with Gasteiger partial charge in [-0.15, -0.1) is 0 Å². The highest BCUT2D eigenvalue weighted by Crippen LogP contribution is 2.33. The van der Waals surface area contributed by atoms with Gasteiger partial charge in [0.1, 0.15) is 28.5 Å². The molecule has 2 amide bonds. The van der Waals surface area contributed by atoms with Crippen molar-refractivity contribution in [3.05, 3.63) is 54.1 Å². The highest BCUT2D eigenvalue weighted by atomic mass is 16.6. The van der Waals surface area contributed by atoms with E-state index in [1.807, 2.05) is 83.5 Å². The molecular weight excluding hydrogens is 600 g/mol. The van der Waals surface area contributed by atoms with E-state index in [4.69, 9.17) is 19.4 Å². The van der Waals surface area contributed by atoms with Gasteiger partial charge in [0.25, 0.3) is 0 Å². The summed E-state index contributed by atoms with van der Waals surface area (Å²) in [6, 6.07) is 7.00. The molecule has 0 radical (unpaired) electrons. The topological polar surface area (TPSA) is 139 Å². The van der Waals surface area contributed by atoms with Gasteiger partial charge in [-0.05, 0) is 72.9 Å². The number of piperidine rings is 1. The Morgan fingerprint density at radius 2 is 1.81 bits per heavy atom. The first-order chi connectivity index (χ1) is 22.0. The Bertz CT molecular complexity index is 1700. The summed E-state index contributed by atoms with van der Waals surface area (Å²) >= 11 is 0. The number of imidazole rings is 1. The van der Waals surface area contributed by atoms with Crippen molar-refractivity contribution in [2.75, 3.05) is 29.9 Å². The van der Waals surface area contributed by atoms with Gasteiger partial charge in [0.05, 0.1) is 30.6 Å². The van der Waals surface area contributed by atoms with Crippen molar-refractivity contribution < 1.29 is 24.2 Å². The van der Waals surface area contributed by atoms with Crippen molar-refractivity contribution in [1.29, 1.82) is 0 Å². The molecule has 1 aliphatic rings. The van der Waals surface area contributed by atoms with Crippen molar-refractivity contribution in [1.82, 2.24) is 28.9 Å². The highest BCUT2D eigenvalue weighted by Gasteiger charge is 2.34. The Morgan fingerprint density at radius 1 is 1.09 bits per heavy atom. The molecule has 0 aliphatic carbocycles. The smallest absolute Gasteiger partial charge is 0.416 e. The van der Waals surface area contributed by atoms with Gasteiger partial charge in [0, 0.05) is 43.0 Å². The quantitative estimate of drug-likeness (QED) is 0.246. The first-order valence-corrected chi connectivity index (χ1v) is 16.2. The maximum absolute atomic E-state index is 14.0. The number of rotatable bonds is 7. The van der Waals surface area contributed by atoms with Gasteiger partial charge in [0.2, 0.25) is 0 Å². The maximum Gasteiger partial charge on any atom is 0.416 e. The molecule has 2 N–H and O–H groups in total. The minimum Gasteiger partial charge on any atom is -0.444 e. The molecule has 0 saturated carbocycles. The van der Waals surface area contributed by atoms with Crippen LogP contribution >= 0.6 is 0 Å². The van der Waals surface area contributed by atoms with Crippen molar-refractivity contribution in [3.63, 3.8) is 0 Å². The fraction of sp³-hybridized carbons (Fsp3) is 0.559. The molecule has 0 aromatic carbocycles. The number of likely N-dealkylation sites (tertiary alicyclic amines) is 1. The Labute approximate surface area is 275 Å². The van der Waals surface area contributed by atoms with E-state index >= 15 is 0 Å². The number of aromatic nitrogens is 5. The average molecular weight is 649 g/mol. The zero-order valence-corrected chi connectivity index (χ0v) is 28.9. The van der Waals surface area contributed by atoms with Crippen LogP contribution in [0.15, 0.2) is 42.9 Å². The lowest BCUT2D eigenvalue weighted by atomic mass is 9.94. The van der Waals surface area contributed by atoms with Gasteiger partial charge < -0.3 is 29.2 Å². The number of aliphatic hydroxyl groups excluding tert-OH is 1. The Morgan fingerprint density at radius 3 is 2.45 bits per heavy atom. The lowest BCUT2D eigenvalue weighted by Gasteiger charge is -2.36. The number of hydrogen-bond acceptors (Lipinski definition) is 9. The molecule has 254 valence electrons. The van der Waals surface area contributed by atoms with Crippen LogP contribution in [0.25, 0.3) is 11.3 Å². The normalized spacial score (nSPS) is 18.1. The minimum atomic E-state index is -0.751. The largest absolute Gasteiger partial charge is 0.444 e. The minimum absolute atomic E-state index is 0.118. The van der Waals surface area contributed by atoms with Gasteiger partial charge in [-0.3, -0.25) is 4.90 Å². The van der Waals surface area contributed by atoms with Crippen molar-refractivity contribution in [2.45, 2.75) is 98.0 Å². The number of carbonyl (C=O) groups excluding carboxylic acids is 2. The molecule has 13 heteroatoms. The molecular formula is C34H48N8O5. The summed E-state index contributed by atoms with van der Waals surface area (Å²) in [5.74, 6) is 0.965. The second-order valence-electron chi connectivity index (χ2n) is 14.6. The predicted octanol–water partition coefficient (Wildman–Crippen LogP) is 6.03. The summed E-state index contributed by atoms with van der Waals surface area (Å²) in [4.78, 5) is 39.5. The number of pyridine rings is 1. The fourth-order valence-corrected chi connectivity index (χ4v) is 5.63. The van der Waals surface area contributed by atoms with Crippen LogP contribution in [0.4, 0.5) is 21.2 Å². The number of anilines is 2. The van der Waals surface area contributed by atoms with E-state index < -0.39 is 35.5 Å². The lowest BCUT2D eigenvalue weighted by Crippen LogP contribution is -2.49. The highest BCUT2D eigenvalue weighted by molar-refractivity contribution is 5.89. The van der Waals surface area contributed by atoms with E-state index in [-0.39, 0.29) is 18.4 Å². The molecule has 0 spiro atoms. The molecule has 47 heavy (non-hydrogen) atoms. The summed E-state index contributed by atoms with van der Waals surface area (Å²) in [6.07, 6.45) is 4.46. The average Bonchev–Trinajstić information content (AvgIpc) is 3.59. The summed E-state index contributed by atoms with van der Waals surface area (Å²) < 4.78 is 15.0. The second kappa shape index (κ2) is 13.0. The molecule has 1 unspecified atom stereocenters. The van der Waals surface area contributed by atoms with Crippen LogP contribution in [0.5, 0.6) is 0 Å². The van der Waals surface area contributed by atoms with Gasteiger partial charge >= 0.3 is 12.2 Å². The zero-order valence-electron chi connectivity index (χ0n) is 28.9. The molecule has 1 saturated heterocycles. The lowest BCUT2D eigenvalue weighted by molar-refractivity contribution is -0.0104. The predicted molar refractivity (Wildman–Crippen MR) is 180 cm³/mol. The third-order valence-corrected chi connectivity index (χ3v) is 8.06. The summed E-state index contributed by atoms with van der Waals surface area (Å²) in [6.45, 7) is 18.1. The van der Waals surface area contributed by atoms with E-state index in [1.165, 1.54) is 0 Å². The summed E-state index contributed by atoms with van der Waals surface area (Å²) in [5.41, 5.74) is 1.61. The van der Waals surface area contributed by atoms with Gasteiger partial charge in [-0.2, -0.15) is 9.61 Å². The molecule has 0 bridgehead atoms. The van der Waals surface area contributed by atoms with E-state index in [0.29, 0.717) is 42.5 Å². The number of fused-ring (bicyclic) bond motifs is 2. The van der Waals surface area contributed by atoms with Crippen LogP contribution in [-0.2, 0) is 9.47 Å². The first-order valence-electron chi connectivity index (χ1n) is 16.2. The second-order valence-corrected chi connectivity index (χ2v) is 14.6. The van der Waals surface area contributed by atoms with Gasteiger partial charge in [0.15, 0.2) is 5.65 Å². The number of carbonyl (C=O) groups is 2. The van der Waals surface area contributed by atoms with Crippen LogP contribution < -0.4 is 10.2 Å². The third kappa shape index (κ3) is 7.78. The van der Waals surface area contributed by atoms with Gasteiger partial charge in [-0.25, -0.2) is 19.6 Å². The van der Waals surface area contributed by atoms with Crippen LogP contribution in [0.2, 0.25) is 0 Å². The molecule has 1 fully saturated rings. The van der Waals surface area contributed by atoms with Crippen molar-refractivity contribution in [2.24, 2.45) is 5.92 Å². The number of amides is 2. The standard InChI is InChI=1S/C34H48N8O5/c1-21(2)24-18-36-42-29(41(32(45)47-34(7,8)9)22(3)25-19-39-14-11-10-12-28(39)37-25)16-27(38-30(24)42)35-17-23-13-15-40(20-26(23)43)31(44)46-33(4,5)6/h10-12,14,16,18-19,21-23,26,43H,13,15,17,20H2,1-9H3,(H,35,38)/t22?,23-,26+/m1/s1.